The van der Waals surface area contributed by atoms with Crippen LogP contribution < -0.4 is 42.4 Å². The summed E-state index contributed by atoms with van der Waals surface area (Å²) in [6.45, 7) is 0. The SMILES string of the molecule is c1ccc(P(CCCCSC2=C(SCCCCP(c3ccccc3)c3ccccc3)SC(=C3SC(SCCCCP(c4ccccc4)c4ccccc4)=C(SCCCCP(c4ccccc4)c4ccccc4)S3)S2)c2ccccc2)cc1. The van der Waals surface area contributed by atoms with Gasteiger partial charge in [-0.15, -0.1) is 47.0 Å². The fraction of sp³-hybridized carbons (Fsp3) is 0.229. The third-order valence-electron chi connectivity index (χ3n) is 13.8. The number of unbranched alkanes of at least 4 members (excludes halogenated alkanes) is 4. The molecule has 8 aromatic carbocycles. The zero-order valence-corrected chi connectivity index (χ0v) is 56.6. The number of hydrogen-bond acceptors (Lipinski definition) is 8. The Morgan fingerprint density at radius 1 is 0.207 bits per heavy atom. The average Bonchev–Trinajstić information content (AvgIpc) is 4.16. The Morgan fingerprint density at radius 2 is 0.366 bits per heavy atom. The standard InChI is InChI=1S/C70H72P4S8/c1-9-33-57(34-10-1)71(58-35-11-2-12-36-58)49-25-29-53-75-65-66(76-54-30-26-50-72(59-37-13-3-14-38-59)60-39-15-4-16-40-60)80-69(79-65)70-81-67(77-55-31-27-51-73(61-41-17-5-18-42-61)62-43-19-6-20-44-62)68(82-70)78-56-32-28-52-74(63-45-21-7-22-46-63)64-47-23-8-24-48-64/h1-24,33-48H,25-32,49-56H2. The van der Waals surface area contributed by atoms with Crippen molar-refractivity contribution in [2.75, 3.05) is 47.7 Å². The van der Waals surface area contributed by atoms with Crippen LogP contribution in [0, 0.1) is 0 Å². The molecule has 0 amide bonds. The molecule has 420 valence electrons. The van der Waals surface area contributed by atoms with E-state index in [-0.39, 0.29) is 31.7 Å². The molecule has 0 N–H and O–H groups in total. The molecular formula is C70H72P4S8. The van der Waals surface area contributed by atoms with Crippen molar-refractivity contribution in [3.63, 3.8) is 0 Å². The lowest BCUT2D eigenvalue weighted by Gasteiger charge is -2.18. The maximum absolute atomic E-state index is 2.35. The zero-order valence-electron chi connectivity index (χ0n) is 46.5. The molecule has 0 fully saturated rings. The van der Waals surface area contributed by atoms with Gasteiger partial charge in [0.1, 0.15) is 0 Å². The number of rotatable bonds is 32. The Labute approximate surface area is 530 Å². The third kappa shape index (κ3) is 19.2. The summed E-state index contributed by atoms with van der Waals surface area (Å²) in [6, 6.07) is 90.2. The van der Waals surface area contributed by atoms with Gasteiger partial charge in [0.25, 0.3) is 0 Å². The molecule has 0 aliphatic carbocycles. The van der Waals surface area contributed by atoms with E-state index in [0.29, 0.717) is 0 Å². The van der Waals surface area contributed by atoms with Crippen LogP contribution in [0.1, 0.15) is 51.4 Å². The van der Waals surface area contributed by atoms with Crippen molar-refractivity contribution in [1.29, 1.82) is 0 Å². The Balaban J connectivity index is 0.810. The van der Waals surface area contributed by atoms with Crippen molar-refractivity contribution in [1.82, 2.24) is 0 Å². The number of hydrogen-bond donors (Lipinski definition) is 0. The van der Waals surface area contributed by atoms with Crippen molar-refractivity contribution in [2.24, 2.45) is 0 Å². The molecule has 2 heterocycles. The first-order valence-electron chi connectivity index (χ1n) is 28.7. The van der Waals surface area contributed by atoms with Crippen LogP contribution in [0.25, 0.3) is 0 Å². The molecule has 0 spiro atoms. The van der Waals surface area contributed by atoms with Gasteiger partial charge in [-0.05, 0) is 173 Å². The van der Waals surface area contributed by atoms with E-state index < -0.39 is 0 Å². The van der Waals surface area contributed by atoms with Crippen LogP contribution in [0.15, 0.2) is 268 Å². The maximum Gasteiger partial charge on any atom is 0.0717 e. The molecule has 0 bridgehead atoms. The zero-order chi connectivity index (χ0) is 55.6. The van der Waals surface area contributed by atoms with Crippen LogP contribution in [-0.4, -0.2) is 47.7 Å². The van der Waals surface area contributed by atoms with E-state index >= 15 is 0 Å². The highest BCUT2D eigenvalue weighted by atomic mass is 32.3. The molecule has 2 aliphatic rings. The van der Waals surface area contributed by atoms with Gasteiger partial charge in [-0.3, -0.25) is 0 Å². The normalized spacial score (nSPS) is 13.7. The predicted octanol–water partition coefficient (Wildman–Crippen LogP) is 19.9. The Morgan fingerprint density at radius 3 is 0.524 bits per heavy atom. The molecule has 0 aromatic heterocycles. The van der Waals surface area contributed by atoms with Crippen molar-refractivity contribution < 1.29 is 0 Å². The van der Waals surface area contributed by atoms with Crippen molar-refractivity contribution in [3.05, 3.63) is 268 Å². The van der Waals surface area contributed by atoms with Gasteiger partial charge < -0.3 is 0 Å². The van der Waals surface area contributed by atoms with Gasteiger partial charge in [-0.2, -0.15) is 0 Å². The van der Waals surface area contributed by atoms with E-state index in [1.54, 1.807) is 16.9 Å². The molecule has 0 saturated heterocycles. The van der Waals surface area contributed by atoms with Gasteiger partial charge in [0, 0.05) is 0 Å². The minimum absolute atomic E-state index is 0.368. The van der Waals surface area contributed by atoms with Crippen LogP contribution in [0.5, 0.6) is 0 Å². The maximum atomic E-state index is 2.35. The van der Waals surface area contributed by atoms with Crippen molar-refractivity contribution in [2.45, 2.75) is 51.4 Å². The summed E-state index contributed by atoms with van der Waals surface area (Å²) < 4.78 is 9.18. The lowest BCUT2D eigenvalue weighted by Crippen LogP contribution is -2.13. The smallest absolute Gasteiger partial charge is 0.0717 e. The first kappa shape index (κ1) is 62.5. The number of benzene rings is 8. The highest BCUT2D eigenvalue weighted by Gasteiger charge is 2.31. The molecule has 0 saturated carbocycles. The minimum Gasteiger partial charge on any atom is -0.117 e. The molecule has 0 nitrogen and oxygen atoms in total. The summed E-state index contributed by atoms with van der Waals surface area (Å²) in [4.78, 5) is 0. The number of thioether (sulfide) groups is 8. The van der Waals surface area contributed by atoms with E-state index in [0.717, 1.165) is 23.0 Å². The second-order valence-electron chi connectivity index (χ2n) is 19.6. The Bertz CT molecular complexity index is 2620. The highest BCUT2D eigenvalue weighted by molar-refractivity contribution is 8.45. The van der Waals surface area contributed by atoms with Crippen LogP contribution >= 0.6 is 126 Å². The first-order valence-corrected chi connectivity index (χ1v) is 42.0. The summed E-state index contributed by atoms with van der Waals surface area (Å²) >= 11 is 16.9. The summed E-state index contributed by atoms with van der Waals surface area (Å²) in [5.74, 6) is 4.65. The monoisotopic (exact) mass is 1290 g/mol. The van der Waals surface area contributed by atoms with E-state index in [9.17, 15) is 0 Å². The van der Waals surface area contributed by atoms with E-state index in [1.807, 2.05) is 0 Å². The Kier molecular flexibility index (Phi) is 27.0. The summed E-state index contributed by atoms with van der Waals surface area (Å²) in [5, 5.41) is 11.9. The van der Waals surface area contributed by atoms with E-state index in [1.165, 1.54) is 127 Å². The van der Waals surface area contributed by atoms with Crippen LogP contribution in [0.2, 0.25) is 0 Å². The quantitative estimate of drug-likeness (QED) is 0.0298. The highest BCUT2D eigenvalue weighted by Crippen LogP contribution is 2.66. The molecule has 10 rings (SSSR count). The summed E-state index contributed by atoms with van der Waals surface area (Å²) in [7, 11) is -1.47. The second kappa shape index (κ2) is 35.3. The molecule has 0 atom stereocenters. The largest absolute Gasteiger partial charge is 0.117 e. The third-order valence-corrected chi connectivity index (χ3v) is 36.2. The fourth-order valence-electron chi connectivity index (χ4n) is 9.71. The summed E-state index contributed by atoms with van der Waals surface area (Å²) in [6.07, 6.45) is 14.8. The van der Waals surface area contributed by atoms with Crippen LogP contribution in [0.4, 0.5) is 0 Å². The molecule has 0 unspecified atom stereocenters. The second-order valence-corrected chi connectivity index (χ2v) is 39.0. The lowest BCUT2D eigenvalue weighted by atomic mass is 10.4. The van der Waals surface area contributed by atoms with Gasteiger partial charge in [-0.1, -0.05) is 290 Å². The van der Waals surface area contributed by atoms with Gasteiger partial charge in [-0.25, -0.2) is 0 Å². The molecular weight excluding hydrogens is 1220 g/mol. The predicted molar refractivity (Wildman–Crippen MR) is 394 cm³/mol. The van der Waals surface area contributed by atoms with Crippen LogP contribution in [0.3, 0.4) is 0 Å². The molecule has 82 heavy (non-hydrogen) atoms. The van der Waals surface area contributed by atoms with Gasteiger partial charge in [0.15, 0.2) is 0 Å². The molecule has 2 aliphatic heterocycles. The van der Waals surface area contributed by atoms with E-state index in [4.69, 9.17) is 0 Å². The molecule has 12 heteroatoms. The van der Waals surface area contributed by atoms with E-state index in [2.05, 4.69) is 337 Å². The van der Waals surface area contributed by atoms with Gasteiger partial charge in [0.2, 0.25) is 0 Å². The van der Waals surface area contributed by atoms with Gasteiger partial charge in [0.05, 0.1) is 25.4 Å². The minimum atomic E-state index is -0.368. The topological polar surface area (TPSA) is 0 Å². The Hall–Kier alpha value is -2.50. The fourth-order valence-corrected chi connectivity index (χ4v) is 31.6. The molecule has 0 radical (unpaired) electrons. The van der Waals surface area contributed by atoms with Crippen molar-refractivity contribution in [3.8, 4) is 0 Å². The van der Waals surface area contributed by atoms with Gasteiger partial charge >= 0.3 is 0 Å². The average molecular weight is 1290 g/mol. The first-order chi connectivity index (χ1) is 40.7. The molecule has 8 aromatic rings. The summed E-state index contributed by atoms with van der Waals surface area (Å²) in [5.41, 5.74) is 0. The lowest BCUT2D eigenvalue weighted by molar-refractivity contribution is 0.905. The van der Waals surface area contributed by atoms with Crippen LogP contribution in [-0.2, 0) is 0 Å². The van der Waals surface area contributed by atoms with Crippen molar-refractivity contribution >= 4 is 168 Å².